The summed E-state index contributed by atoms with van der Waals surface area (Å²) in [4.78, 5) is 13.3. The Morgan fingerprint density at radius 2 is 1.72 bits per heavy atom. The highest BCUT2D eigenvalue weighted by atomic mass is 16.2. The quantitative estimate of drug-likeness (QED) is 0.838. The summed E-state index contributed by atoms with van der Waals surface area (Å²) in [5.74, 6) is 0.759. The van der Waals surface area contributed by atoms with Gasteiger partial charge in [0.1, 0.15) is 0 Å². The van der Waals surface area contributed by atoms with Crippen LogP contribution in [0, 0.1) is 5.92 Å². The van der Waals surface area contributed by atoms with Gasteiger partial charge in [0.05, 0.1) is 0 Å². The Kier molecular flexibility index (Phi) is 5.69. The molecule has 0 unspecified atom stereocenters. The Morgan fingerprint density at radius 3 is 2.17 bits per heavy atom. The first-order valence-corrected chi connectivity index (χ1v) is 6.64. The van der Waals surface area contributed by atoms with Crippen LogP contribution in [-0.2, 0) is 0 Å². The lowest BCUT2D eigenvalue weighted by molar-refractivity contribution is 0.0827. The summed E-state index contributed by atoms with van der Waals surface area (Å²) in [6.07, 6.45) is 2.39. The summed E-state index contributed by atoms with van der Waals surface area (Å²) in [6, 6.07) is 7.69. The normalized spacial score (nSPS) is 10.5. The average molecular weight is 248 g/mol. The molecule has 0 spiro atoms. The van der Waals surface area contributed by atoms with Crippen molar-refractivity contribution in [3.8, 4) is 0 Å². The van der Waals surface area contributed by atoms with E-state index in [1.165, 1.54) is 12.8 Å². The van der Waals surface area contributed by atoms with Gasteiger partial charge in [-0.05, 0) is 30.2 Å². The maximum atomic E-state index is 11.7. The van der Waals surface area contributed by atoms with E-state index in [0.717, 1.165) is 17.8 Å². The van der Waals surface area contributed by atoms with Gasteiger partial charge in [-0.25, -0.2) is 0 Å². The SMILES string of the molecule is CCC(CC)CNc1ccc(C(=O)N(C)C)cc1. The number of anilines is 1. The number of nitrogens with zero attached hydrogens (tertiary/aromatic N) is 1. The van der Waals surface area contributed by atoms with Gasteiger partial charge in [0.25, 0.3) is 5.91 Å². The number of hydrogen-bond donors (Lipinski definition) is 1. The number of carbonyl (C=O) groups excluding carboxylic acids is 1. The van der Waals surface area contributed by atoms with Crippen LogP contribution in [0.3, 0.4) is 0 Å². The predicted molar refractivity (Wildman–Crippen MR) is 77.0 cm³/mol. The van der Waals surface area contributed by atoms with Crippen LogP contribution in [0.25, 0.3) is 0 Å². The number of hydrogen-bond acceptors (Lipinski definition) is 2. The van der Waals surface area contributed by atoms with Crippen molar-refractivity contribution in [2.75, 3.05) is 26.0 Å². The molecule has 1 amide bonds. The van der Waals surface area contributed by atoms with Crippen molar-refractivity contribution in [1.29, 1.82) is 0 Å². The summed E-state index contributed by atoms with van der Waals surface area (Å²) in [5.41, 5.74) is 1.81. The third-order valence-electron chi connectivity index (χ3n) is 3.29. The van der Waals surface area contributed by atoms with Gasteiger partial charge in [-0.1, -0.05) is 26.7 Å². The van der Waals surface area contributed by atoms with E-state index in [1.54, 1.807) is 19.0 Å². The van der Waals surface area contributed by atoms with Crippen LogP contribution >= 0.6 is 0 Å². The molecule has 18 heavy (non-hydrogen) atoms. The van der Waals surface area contributed by atoms with Crippen molar-refractivity contribution in [2.24, 2.45) is 5.92 Å². The molecule has 3 heteroatoms. The van der Waals surface area contributed by atoms with E-state index in [2.05, 4.69) is 19.2 Å². The lowest BCUT2D eigenvalue weighted by Gasteiger charge is -2.15. The Hall–Kier alpha value is -1.51. The molecule has 0 heterocycles. The van der Waals surface area contributed by atoms with Gasteiger partial charge in [0.2, 0.25) is 0 Å². The lowest BCUT2D eigenvalue weighted by Crippen LogP contribution is -2.21. The second kappa shape index (κ2) is 7.04. The Bertz CT molecular complexity index is 367. The molecular weight excluding hydrogens is 224 g/mol. The van der Waals surface area contributed by atoms with Crippen LogP contribution in [0.1, 0.15) is 37.0 Å². The molecule has 0 aliphatic heterocycles. The van der Waals surface area contributed by atoms with Crippen LogP contribution in [0.5, 0.6) is 0 Å². The fraction of sp³-hybridized carbons (Fsp3) is 0.533. The van der Waals surface area contributed by atoms with E-state index in [-0.39, 0.29) is 5.91 Å². The average Bonchev–Trinajstić information content (AvgIpc) is 2.39. The molecule has 0 aromatic heterocycles. The van der Waals surface area contributed by atoms with Crippen molar-refractivity contribution in [2.45, 2.75) is 26.7 Å². The van der Waals surface area contributed by atoms with Gasteiger partial charge in [0, 0.05) is 31.9 Å². The van der Waals surface area contributed by atoms with E-state index in [1.807, 2.05) is 24.3 Å². The minimum absolute atomic E-state index is 0.0431. The van der Waals surface area contributed by atoms with E-state index in [4.69, 9.17) is 0 Å². The molecule has 1 rings (SSSR count). The second-order valence-corrected chi connectivity index (χ2v) is 4.84. The molecule has 1 N–H and O–H groups in total. The van der Waals surface area contributed by atoms with E-state index < -0.39 is 0 Å². The first-order valence-electron chi connectivity index (χ1n) is 6.64. The second-order valence-electron chi connectivity index (χ2n) is 4.84. The lowest BCUT2D eigenvalue weighted by atomic mass is 10.0. The molecule has 0 aliphatic carbocycles. The Labute approximate surface area is 110 Å². The predicted octanol–water partition coefficient (Wildman–Crippen LogP) is 3.24. The molecule has 0 bridgehead atoms. The fourth-order valence-electron chi connectivity index (χ4n) is 1.83. The maximum Gasteiger partial charge on any atom is 0.253 e. The number of carbonyl (C=O) groups is 1. The zero-order chi connectivity index (χ0) is 13.5. The van der Waals surface area contributed by atoms with Gasteiger partial charge in [-0.2, -0.15) is 0 Å². The summed E-state index contributed by atoms with van der Waals surface area (Å²) >= 11 is 0. The first-order chi connectivity index (χ1) is 8.58. The van der Waals surface area contributed by atoms with E-state index >= 15 is 0 Å². The van der Waals surface area contributed by atoms with Crippen molar-refractivity contribution >= 4 is 11.6 Å². The Balaban J connectivity index is 2.58. The highest BCUT2D eigenvalue weighted by molar-refractivity contribution is 5.94. The molecule has 0 atom stereocenters. The molecular formula is C15H24N2O. The van der Waals surface area contributed by atoms with Crippen LogP contribution in [-0.4, -0.2) is 31.4 Å². The fourth-order valence-corrected chi connectivity index (χ4v) is 1.83. The standard InChI is InChI=1S/C15H24N2O/c1-5-12(6-2)11-16-14-9-7-13(8-10-14)15(18)17(3)4/h7-10,12,16H,5-6,11H2,1-4H3. The summed E-state index contributed by atoms with van der Waals surface area (Å²) in [6.45, 7) is 5.43. The van der Waals surface area contributed by atoms with Gasteiger partial charge in [-0.15, -0.1) is 0 Å². The molecule has 0 saturated heterocycles. The van der Waals surface area contributed by atoms with Crippen molar-refractivity contribution in [3.63, 3.8) is 0 Å². The van der Waals surface area contributed by atoms with Gasteiger partial charge in [0.15, 0.2) is 0 Å². The number of rotatable bonds is 6. The van der Waals surface area contributed by atoms with Crippen LogP contribution in [0.4, 0.5) is 5.69 Å². The minimum Gasteiger partial charge on any atom is -0.385 e. The zero-order valence-corrected chi connectivity index (χ0v) is 11.9. The van der Waals surface area contributed by atoms with Crippen LogP contribution in [0.2, 0.25) is 0 Å². The largest absolute Gasteiger partial charge is 0.385 e. The third-order valence-corrected chi connectivity index (χ3v) is 3.29. The Morgan fingerprint density at radius 1 is 1.17 bits per heavy atom. The van der Waals surface area contributed by atoms with E-state index in [9.17, 15) is 4.79 Å². The molecule has 3 nitrogen and oxygen atoms in total. The summed E-state index contributed by atoms with van der Waals surface area (Å²) < 4.78 is 0. The highest BCUT2D eigenvalue weighted by Crippen LogP contribution is 2.13. The molecule has 100 valence electrons. The topological polar surface area (TPSA) is 32.3 Å². The molecule has 1 aromatic carbocycles. The smallest absolute Gasteiger partial charge is 0.253 e. The maximum absolute atomic E-state index is 11.7. The van der Waals surface area contributed by atoms with Crippen molar-refractivity contribution in [3.05, 3.63) is 29.8 Å². The molecule has 0 aliphatic rings. The van der Waals surface area contributed by atoms with Crippen LogP contribution < -0.4 is 5.32 Å². The highest BCUT2D eigenvalue weighted by Gasteiger charge is 2.07. The molecule has 0 fully saturated rings. The summed E-state index contributed by atoms with van der Waals surface area (Å²) in [5, 5.41) is 3.42. The molecule has 0 radical (unpaired) electrons. The van der Waals surface area contributed by atoms with Crippen LogP contribution in [0.15, 0.2) is 24.3 Å². The minimum atomic E-state index is 0.0431. The van der Waals surface area contributed by atoms with Gasteiger partial charge >= 0.3 is 0 Å². The zero-order valence-electron chi connectivity index (χ0n) is 11.9. The van der Waals surface area contributed by atoms with Gasteiger partial charge in [-0.3, -0.25) is 4.79 Å². The van der Waals surface area contributed by atoms with Crippen molar-refractivity contribution in [1.82, 2.24) is 4.90 Å². The van der Waals surface area contributed by atoms with Gasteiger partial charge < -0.3 is 10.2 Å². The third kappa shape index (κ3) is 4.06. The first kappa shape index (κ1) is 14.6. The van der Waals surface area contributed by atoms with E-state index in [0.29, 0.717) is 5.92 Å². The summed E-state index contributed by atoms with van der Waals surface area (Å²) in [7, 11) is 3.53. The number of amides is 1. The number of benzene rings is 1. The monoisotopic (exact) mass is 248 g/mol. The molecule has 0 saturated carbocycles. The number of nitrogens with one attached hydrogen (secondary N) is 1. The van der Waals surface area contributed by atoms with Crippen molar-refractivity contribution < 1.29 is 4.79 Å². The molecule has 1 aromatic rings.